The molecule has 0 heterocycles. The first kappa shape index (κ1) is 25.2. The van der Waals surface area contributed by atoms with E-state index in [2.05, 4.69) is 11.9 Å². The molecule has 0 radical (unpaired) electrons. The molecule has 1 unspecified atom stereocenters. The number of para-hydroxylation sites is 2. The molecule has 0 bridgehead atoms. The zero-order chi connectivity index (χ0) is 25.4. The molecular formula is C26H23N3O5S. The largest absolute Gasteiger partial charge is 0.449 e. The second-order valence-electron chi connectivity index (χ2n) is 7.38. The molecule has 3 rings (SSSR count). The summed E-state index contributed by atoms with van der Waals surface area (Å²) in [4.78, 5) is 25.1. The average molecular weight is 490 g/mol. The Labute approximate surface area is 204 Å². The molecular weight excluding hydrogens is 466 g/mol. The van der Waals surface area contributed by atoms with Crippen LogP contribution < -0.4 is 9.62 Å². The minimum Gasteiger partial charge on any atom is -0.449 e. The summed E-state index contributed by atoms with van der Waals surface area (Å²) in [5.41, 5.74) is 0.970. The van der Waals surface area contributed by atoms with Crippen LogP contribution in [0.5, 0.6) is 0 Å². The summed E-state index contributed by atoms with van der Waals surface area (Å²) in [7, 11) is -4.02. The summed E-state index contributed by atoms with van der Waals surface area (Å²) in [5.74, 6) is -1.50. The van der Waals surface area contributed by atoms with E-state index in [1.807, 2.05) is 6.07 Å². The normalized spacial score (nSPS) is 11.5. The van der Waals surface area contributed by atoms with Gasteiger partial charge in [0.05, 0.1) is 33.9 Å². The Bertz CT molecular complexity index is 1380. The number of carbonyl (C=O) groups excluding carboxylic acids is 2. The third-order valence-corrected chi connectivity index (χ3v) is 6.75. The molecule has 1 atom stereocenters. The van der Waals surface area contributed by atoms with Crippen LogP contribution in [0.25, 0.3) is 0 Å². The number of hydrogen-bond acceptors (Lipinski definition) is 6. The average Bonchev–Trinajstić information content (AvgIpc) is 2.88. The highest BCUT2D eigenvalue weighted by Gasteiger charge is 2.26. The highest BCUT2D eigenvalue weighted by molar-refractivity contribution is 7.92. The van der Waals surface area contributed by atoms with Crippen LogP contribution in [0.2, 0.25) is 0 Å². The Morgan fingerprint density at radius 3 is 2.46 bits per heavy atom. The summed E-state index contributed by atoms with van der Waals surface area (Å²) in [6, 6.07) is 22.3. The molecule has 3 aromatic carbocycles. The fourth-order valence-electron chi connectivity index (χ4n) is 3.17. The van der Waals surface area contributed by atoms with Crippen LogP contribution in [0.15, 0.2) is 96.4 Å². The van der Waals surface area contributed by atoms with Crippen molar-refractivity contribution in [3.63, 3.8) is 0 Å². The van der Waals surface area contributed by atoms with Crippen LogP contribution in [0.1, 0.15) is 22.8 Å². The van der Waals surface area contributed by atoms with Crippen molar-refractivity contribution in [1.82, 2.24) is 0 Å². The quantitative estimate of drug-likeness (QED) is 0.357. The first-order chi connectivity index (χ1) is 16.8. The topological polar surface area (TPSA) is 117 Å². The predicted octanol–water partition coefficient (Wildman–Crippen LogP) is 4.12. The summed E-state index contributed by atoms with van der Waals surface area (Å²) >= 11 is 0. The van der Waals surface area contributed by atoms with Gasteiger partial charge in [-0.3, -0.25) is 9.10 Å². The third kappa shape index (κ3) is 5.93. The van der Waals surface area contributed by atoms with E-state index >= 15 is 0 Å². The Hall–Kier alpha value is -4.42. The van der Waals surface area contributed by atoms with E-state index in [0.717, 1.165) is 0 Å². The van der Waals surface area contributed by atoms with Gasteiger partial charge < -0.3 is 10.1 Å². The van der Waals surface area contributed by atoms with Gasteiger partial charge in [-0.2, -0.15) is 5.26 Å². The molecule has 1 N–H and O–H groups in total. The van der Waals surface area contributed by atoms with E-state index in [9.17, 15) is 18.0 Å². The lowest BCUT2D eigenvalue weighted by Gasteiger charge is -2.23. The van der Waals surface area contributed by atoms with Crippen molar-refractivity contribution in [3.05, 3.63) is 103 Å². The van der Waals surface area contributed by atoms with Crippen LogP contribution in [0.4, 0.5) is 11.4 Å². The van der Waals surface area contributed by atoms with Crippen LogP contribution in [0.3, 0.4) is 0 Å². The zero-order valence-corrected chi connectivity index (χ0v) is 19.7. The maximum absolute atomic E-state index is 13.3. The molecule has 35 heavy (non-hydrogen) atoms. The van der Waals surface area contributed by atoms with E-state index in [1.54, 1.807) is 54.6 Å². The smallest absolute Gasteiger partial charge is 0.338 e. The van der Waals surface area contributed by atoms with Crippen molar-refractivity contribution in [2.24, 2.45) is 0 Å². The van der Waals surface area contributed by atoms with Gasteiger partial charge >= 0.3 is 5.97 Å². The van der Waals surface area contributed by atoms with Crippen molar-refractivity contribution in [2.45, 2.75) is 17.9 Å². The molecule has 0 aromatic heterocycles. The molecule has 3 aromatic rings. The summed E-state index contributed by atoms with van der Waals surface area (Å²) in [5, 5.41) is 11.7. The Balaban J connectivity index is 1.78. The van der Waals surface area contributed by atoms with Crippen molar-refractivity contribution >= 4 is 33.3 Å². The van der Waals surface area contributed by atoms with Gasteiger partial charge in [-0.25, -0.2) is 13.2 Å². The monoisotopic (exact) mass is 489 g/mol. The van der Waals surface area contributed by atoms with E-state index in [0.29, 0.717) is 11.4 Å². The molecule has 8 nitrogen and oxygen atoms in total. The van der Waals surface area contributed by atoms with E-state index in [1.165, 1.54) is 41.6 Å². The second-order valence-corrected chi connectivity index (χ2v) is 9.24. The number of benzene rings is 3. The zero-order valence-electron chi connectivity index (χ0n) is 18.9. The first-order valence-electron chi connectivity index (χ1n) is 10.6. The standard InChI is InChI=1S/C26H23N3O5S/c1-3-16-29(22-12-5-4-6-13-22)35(32,33)23-14-9-11-20(17-23)26(31)34-19(2)25(30)28-24-15-8-7-10-21(24)18-27/h3-15,17,19H,1,16H2,2H3,(H,28,30). The van der Waals surface area contributed by atoms with Gasteiger partial charge in [-0.15, -0.1) is 6.58 Å². The second kappa shape index (κ2) is 11.1. The molecule has 0 aliphatic rings. The van der Waals surface area contributed by atoms with E-state index in [-0.39, 0.29) is 22.6 Å². The number of rotatable bonds is 9. The van der Waals surface area contributed by atoms with Gasteiger partial charge in [0.1, 0.15) is 6.07 Å². The fourth-order valence-corrected chi connectivity index (χ4v) is 4.65. The first-order valence-corrected chi connectivity index (χ1v) is 12.0. The van der Waals surface area contributed by atoms with Crippen molar-refractivity contribution in [3.8, 4) is 6.07 Å². The van der Waals surface area contributed by atoms with Crippen LogP contribution in [0, 0.1) is 11.3 Å². The van der Waals surface area contributed by atoms with Crippen LogP contribution >= 0.6 is 0 Å². The number of anilines is 2. The van der Waals surface area contributed by atoms with Crippen molar-refractivity contribution < 1.29 is 22.7 Å². The molecule has 1 amide bonds. The van der Waals surface area contributed by atoms with Crippen molar-refractivity contribution in [2.75, 3.05) is 16.2 Å². The molecule has 9 heteroatoms. The molecule has 0 spiro atoms. The van der Waals surface area contributed by atoms with Gasteiger partial charge in [0.2, 0.25) is 0 Å². The molecule has 0 aliphatic carbocycles. The molecule has 0 aliphatic heterocycles. The fraction of sp³-hybridized carbons (Fsp3) is 0.115. The van der Waals surface area contributed by atoms with Gasteiger partial charge in [0, 0.05) is 0 Å². The van der Waals surface area contributed by atoms with E-state index < -0.39 is 28.0 Å². The Morgan fingerprint density at radius 2 is 1.77 bits per heavy atom. The SMILES string of the molecule is C=CCN(c1ccccc1)S(=O)(=O)c1cccc(C(=O)OC(C)C(=O)Nc2ccccc2C#N)c1. The lowest BCUT2D eigenvalue weighted by atomic mass is 10.2. The summed E-state index contributed by atoms with van der Waals surface area (Å²) in [6.07, 6.45) is 0.268. The third-order valence-electron chi connectivity index (χ3n) is 4.96. The number of ether oxygens (including phenoxy) is 1. The lowest BCUT2D eigenvalue weighted by Crippen LogP contribution is -2.32. The number of nitrogens with one attached hydrogen (secondary N) is 1. The molecule has 0 saturated heterocycles. The molecule has 0 fully saturated rings. The maximum Gasteiger partial charge on any atom is 0.338 e. The predicted molar refractivity (Wildman–Crippen MR) is 132 cm³/mol. The summed E-state index contributed by atoms with van der Waals surface area (Å²) in [6.45, 7) is 5.04. The van der Waals surface area contributed by atoms with Gasteiger partial charge in [0.15, 0.2) is 6.10 Å². The van der Waals surface area contributed by atoms with Crippen LogP contribution in [-0.2, 0) is 19.6 Å². The highest BCUT2D eigenvalue weighted by Crippen LogP contribution is 2.24. The minimum absolute atomic E-state index is 0.0302. The van der Waals surface area contributed by atoms with Gasteiger partial charge in [-0.1, -0.05) is 42.5 Å². The Kier molecular flexibility index (Phi) is 8.02. The number of sulfonamides is 1. The number of nitrogens with zero attached hydrogens (tertiary/aromatic N) is 2. The number of hydrogen-bond donors (Lipinski definition) is 1. The lowest BCUT2D eigenvalue weighted by molar-refractivity contribution is -0.123. The Morgan fingerprint density at radius 1 is 1.09 bits per heavy atom. The number of nitriles is 1. The molecule has 0 saturated carbocycles. The minimum atomic E-state index is -4.02. The molecule has 178 valence electrons. The maximum atomic E-state index is 13.3. The number of carbonyl (C=O) groups is 2. The summed E-state index contributed by atoms with van der Waals surface area (Å²) < 4.78 is 33.1. The van der Waals surface area contributed by atoms with Crippen LogP contribution in [-0.4, -0.2) is 32.9 Å². The number of esters is 1. The van der Waals surface area contributed by atoms with E-state index in [4.69, 9.17) is 10.00 Å². The van der Waals surface area contributed by atoms with Gasteiger partial charge in [-0.05, 0) is 49.4 Å². The van der Waals surface area contributed by atoms with Crippen molar-refractivity contribution in [1.29, 1.82) is 5.26 Å². The number of amides is 1. The highest BCUT2D eigenvalue weighted by atomic mass is 32.2. The van der Waals surface area contributed by atoms with Gasteiger partial charge in [0.25, 0.3) is 15.9 Å².